The van der Waals surface area contributed by atoms with E-state index >= 15 is 0 Å². The summed E-state index contributed by atoms with van der Waals surface area (Å²) < 4.78 is 0. The molecule has 0 saturated heterocycles. The van der Waals surface area contributed by atoms with Gasteiger partial charge in [-0.1, -0.05) is 27.2 Å². The summed E-state index contributed by atoms with van der Waals surface area (Å²) in [5.74, 6) is 0.658. The van der Waals surface area contributed by atoms with Crippen molar-refractivity contribution in [1.29, 1.82) is 0 Å². The fraction of sp³-hybridized carbons (Fsp3) is 0.917. The number of nitrogens with one attached hydrogen (secondary N) is 1. The number of hydrogen-bond acceptors (Lipinski definition) is 2. The summed E-state index contributed by atoms with van der Waals surface area (Å²) >= 11 is 0. The third kappa shape index (κ3) is 6.50. The molecule has 0 aliphatic heterocycles. The fourth-order valence-electron chi connectivity index (χ4n) is 1.54. The molecule has 2 N–H and O–H groups in total. The molecule has 0 aromatic heterocycles. The van der Waals surface area contributed by atoms with E-state index in [-0.39, 0.29) is 18.4 Å². The van der Waals surface area contributed by atoms with Crippen molar-refractivity contribution >= 4 is 5.91 Å². The van der Waals surface area contributed by atoms with E-state index in [9.17, 15) is 4.79 Å². The van der Waals surface area contributed by atoms with Crippen LogP contribution in [0.3, 0.4) is 0 Å². The Balaban J connectivity index is 3.82. The molecule has 0 spiro atoms. The Morgan fingerprint density at radius 3 is 2.47 bits per heavy atom. The van der Waals surface area contributed by atoms with E-state index in [0.717, 1.165) is 25.7 Å². The van der Waals surface area contributed by atoms with Gasteiger partial charge in [0.2, 0.25) is 5.91 Å². The van der Waals surface area contributed by atoms with Crippen LogP contribution in [0.1, 0.15) is 46.5 Å². The standard InChI is InChI=1S/C12H25NO2/c1-4-6-11(7-8-14)9-13-12(15)10(3)5-2/h10-11,14H,4-9H2,1-3H3,(H,13,15). The molecule has 0 saturated carbocycles. The number of hydrogen-bond donors (Lipinski definition) is 2. The van der Waals surface area contributed by atoms with Crippen molar-refractivity contribution in [2.75, 3.05) is 13.2 Å². The van der Waals surface area contributed by atoms with E-state index in [0.29, 0.717) is 12.5 Å². The van der Waals surface area contributed by atoms with Crippen molar-refractivity contribution < 1.29 is 9.90 Å². The molecule has 0 rings (SSSR count). The molecule has 3 heteroatoms. The molecule has 0 heterocycles. The van der Waals surface area contributed by atoms with Gasteiger partial charge in [-0.15, -0.1) is 0 Å². The van der Waals surface area contributed by atoms with Crippen molar-refractivity contribution in [3.05, 3.63) is 0 Å². The van der Waals surface area contributed by atoms with Crippen LogP contribution in [0.25, 0.3) is 0 Å². The van der Waals surface area contributed by atoms with Crippen LogP contribution in [0.2, 0.25) is 0 Å². The third-order valence-electron chi connectivity index (χ3n) is 2.86. The predicted molar refractivity (Wildman–Crippen MR) is 62.6 cm³/mol. The van der Waals surface area contributed by atoms with Gasteiger partial charge in [-0.05, 0) is 25.2 Å². The van der Waals surface area contributed by atoms with E-state index < -0.39 is 0 Å². The number of aliphatic hydroxyl groups excluding tert-OH is 1. The van der Waals surface area contributed by atoms with E-state index in [1.165, 1.54) is 0 Å². The van der Waals surface area contributed by atoms with Crippen LogP contribution >= 0.6 is 0 Å². The van der Waals surface area contributed by atoms with Crippen molar-refractivity contribution in [3.8, 4) is 0 Å². The van der Waals surface area contributed by atoms with E-state index in [1.54, 1.807) is 0 Å². The largest absolute Gasteiger partial charge is 0.396 e. The maximum absolute atomic E-state index is 11.5. The number of carbonyl (C=O) groups excluding carboxylic acids is 1. The van der Waals surface area contributed by atoms with Crippen LogP contribution in [0.15, 0.2) is 0 Å². The van der Waals surface area contributed by atoms with Gasteiger partial charge in [-0.3, -0.25) is 4.79 Å². The monoisotopic (exact) mass is 215 g/mol. The average molecular weight is 215 g/mol. The van der Waals surface area contributed by atoms with Crippen LogP contribution < -0.4 is 5.32 Å². The van der Waals surface area contributed by atoms with Gasteiger partial charge >= 0.3 is 0 Å². The van der Waals surface area contributed by atoms with Gasteiger partial charge in [0, 0.05) is 19.1 Å². The summed E-state index contributed by atoms with van der Waals surface area (Å²) in [4.78, 5) is 11.5. The molecule has 3 nitrogen and oxygen atoms in total. The summed E-state index contributed by atoms with van der Waals surface area (Å²) in [6.07, 6.45) is 3.84. The van der Waals surface area contributed by atoms with E-state index in [4.69, 9.17) is 5.11 Å². The number of amides is 1. The fourth-order valence-corrected chi connectivity index (χ4v) is 1.54. The van der Waals surface area contributed by atoms with Crippen LogP contribution in [0.4, 0.5) is 0 Å². The van der Waals surface area contributed by atoms with Crippen LogP contribution in [0, 0.1) is 11.8 Å². The molecule has 15 heavy (non-hydrogen) atoms. The number of aliphatic hydroxyl groups is 1. The molecule has 0 aliphatic carbocycles. The summed E-state index contributed by atoms with van der Waals surface area (Å²) in [6.45, 7) is 7.00. The van der Waals surface area contributed by atoms with Gasteiger partial charge in [0.15, 0.2) is 0 Å². The maximum atomic E-state index is 11.5. The summed E-state index contributed by atoms with van der Waals surface area (Å²) in [6, 6.07) is 0. The summed E-state index contributed by atoms with van der Waals surface area (Å²) in [7, 11) is 0. The minimum atomic E-state index is 0.0985. The number of rotatable bonds is 8. The molecule has 1 amide bonds. The molecule has 0 aromatic carbocycles. The van der Waals surface area contributed by atoms with Crippen LogP contribution in [0.5, 0.6) is 0 Å². The van der Waals surface area contributed by atoms with E-state index in [1.807, 2.05) is 13.8 Å². The average Bonchev–Trinajstić information content (AvgIpc) is 2.25. The molecule has 0 fully saturated rings. The molecule has 0 aromatic rings. The van der Waals surface area contributed by atoms with E-state index in [2.05, 4.69) is 12.2 Å². The topological polar surface area (TPSA) is 49.3 Å². The zero-order valence-corrected chi connectivity index (χ0v) is 10.3. The Kier molecular flexibility index (Phi) is 8.38. The molecule has 0 radical (unpaired) electrons. The second kappa shape index (κ2) is 8.72. The second-order valence-electron chi connectivity index (χ2n) is 4.22. The highest BCUT2D eigenvalue weighted by Gasteiger charge is 2.12. The minimum Gasteiger partial charge on any atom is -0.396 e. The SMILES string of the molecule is CCCC(CCO)CNC(=O)C(C)CC. The Hall–Kier alpha value is -0.570. The van der Waals surface area contributed by atoms with Gasteiger partial charge in [-0.25, -0.2) is 0 Å². The predicted octanol–water partition coefficient (Wildman–Crippen LogP) is 1.95. The first-order valence-electron chi connectivity index (χ1n) is 6.04. The lowest BCUT2D eigenvalue weighted by atomic mass is 9.99. The van der Waals surface area contributed by atoms with Crippen LogP contribution in [-0.2, 0) is 4.79 Å². The van der Waals surface area contributed by atoms with Crippen molar-refractivity contribution in [2.45, 2.75) is 46.5 Å². The van der Waals surface area contributed by atoms with Gasteiger partial charge in [0.25, 0.3) is 0 Å². The minimum absolute atomic E-state index is 0.0985. The smallest absolute Gasteiger partial charge is 0.222 e. The first-order valence-corrected chi connectivity index (χ1v) is 6.04. The maximum Gasteiger partial charge on any atom is 0.222 e. The third-order valence-corrected chi connectivity index (χ3v) is 2.86. The van der Waals surface area contributed by atoms with Crippen LogP contribution in [-0.4, -0.2) is 24.2 Å². The normalized spacial score (nSPS) is 14.7. The zero-order chi connectivity index (χ0) is 11.7. The molecule has 2 atom stereocenters. The lowest BCUT2D eigenvalue weighted by molar-refractivity contribution is -0.124. The molecular formula is C12H25NO2. The van der Waals surface area contributed by atoms with Gasteiger partial charge in [0.05, 0.1) is 0 Å². The zero-order valence-electron chi connectivity index (χ0n) is 10.3. The second-order valence-corrected chi connectivity index (χ2v) is 4.22. The number of carbonyl (C=O) groups is 1. The van der Waals surface area contributed by atoms with Crippen molar-refractivity contribution in [1.82, 2.24) is 5.32 Å². The molecule has 2 unspecified atom stereocenters. The van der Waals surface area contributed by atoms with Gasteiger partial charge < -0.3 is 10.4 Å². The molecule has 0 bridgehead atoms. The van der Waals surface area contributed by atoms with Gasteiger partial charge in [0.1, 0.15) is 0 Å². The molecule has 90 valence electrons. The van der Waals surface area contributed by atoms with Crippen molar-refractivity contribution in [2.24, 2.45) is 11.8 Å². The quantitative estimate of drug-likeness (QED) is 0.650. The Morgan fingerprint density at radius 1 is 1.33 bits per heavy atom. The highest BCUT2D eigenvalue weighted by molar-refractivity contribution is 5.78. The lowest BCUT2D eigenvalue weighted by Gasteiger charge is -2.17. The van der Waals surface area contributed by atoms with Gasteiger partial charge in [-0.2, -0.15) is 0 Å². The first-order chi connectivity index (χ1) is 7.15. The molecular weight excluding hydrogens is 190 g/mol. The Bertz CT molecular complexity index is 165. The summed E-state index contributed by atoms with van der Waals surface area (Å²) in [5.41, 5.74) is 0. The Morgan fingerprint density at radius 2 is 2.00 bits per heavy atom. The lowest BCUT2D eigenvalue weighted by Crippen LogP contribution is -2.33. The summed E-state index contributed by atoms with van der Waals surface area (Å²) in [5, 5.41) is 11.8. The Labute approximate surface area is 93.3 Å². The highest BCUT2D eigenvalue weighted by atomic mass is 16.3. The molecule has 0 aliphatic rings. The highest BCUT2D eigenvalue weighted by Crippen LogP contribution is 2.10. The first kappa shape index (κ1) is 14.4. The van der Waals surface area contributed by atoms with Crippen molar-refractivity contribution in [3.63, 3.8) is 0 Å².